The van der Waals surface area contributed by atoms with Crippen molar-refractivity contribution in [2.24, 2.45) is 5.92 Å². The number of likely N-dealkylation sites (N-methyl/N-ethyl adjacent to an activating group) is 1. The molecule has 3 heterocycles. The Labute approximate surface area is 359 Å². The van der Waals surface area contributed by atoms with E-state index in [-0.39, 0.29) is 43.1 Å². The molecule has 3 saturated heterocycles. The highest BCUT2D eigenvalue weighted by Crippen LogP contribution is 2.28. The number of benzene rings is 2. The van der Waals surface area contributed by atoms with Crippen LogP contribution in [0.4, 0.5) is 32.4 Å². The van der Waals surface area contributed by atoms with E-state index in [1.54, 1.807) is 6.92 Å². The molecular weight excluding hydrogens is 845 g/mol. The van der Waals surface area contributed by atoms with E-state index in [0.29, 0.717) is 18.9 Å². The number of alkyl halides is 3. The Bertz CT molecular complexity index is 2040. The first kappa shape index (κ1) is 48.0. The summed E-state index contributed by atoms with van der Waals surface area (Å²) >= 11 is 0. The second-order valence-electron chi connectivity index (χ2n) is 16.1. The van der Waals surface area contributed by atoms with Crippen LogP contribution in [0.15, 0.2) is 42.5 Å². The number of cyclic esters (lactones) is 1. The Morgan fingerprint density at radius 1 is 0.937 bits per heavy atom. The summed E-state index contributed by atoms with van der Waals surface area (Å²) in [7, 11) is 1.26. The van der Waals surface area contributed by atoms with Gasteiger partial charge in [0, 0.05) is 38.3 Å². The molecule has 0 spiro atoms. The number of fused-ring (bicyclic) bond motifs is 2. The average molecular weight is 896 g/mol. The van der Waals surface area contributed by atoms with E-state index in [4.69, 9.17) is 4.74 Å². The maximum atomic E-state index is 14.8. The summed E-state index contributed by atoms with van der Waals surface area (Å²) in [5.41, 5.74) is -0.184. The van der Waals surface area contributed by atoms with Gasteiger partial charge in [0.05, 0.1) is 6.10 Å². The third kappa shape index (κ3) is 12.1. The van der Waals surface area contributed by atoms with Crippen molar-refractivity contribution in [3.63, 3.8) is 0 Å². The van der Waals surface area contributed by atoms with Gasteiger partial charge in [0.1, 0.15) is 59.7 Å². The van der Waals surface area contributed by atoms with Crippen LogP contribution in [0.1, 0.15) is 58.9 Å². The van der Waals surface area contributed by atoms with Crippen molar-refractivity contribution in [3.05, 3.63) is 59.7 Å². The molecule has 2 aromatic rings. The summed E-state index contributed by atoms with van der Waals surface area (Å²) in [6, 6.07) is -3.55. The SMILES string of the molecule is C[C@@H]1C[C@H]2C(=O)O[C@@H](C)[C@H](NC(=O)[C@H](Cc3cc(F)cc(F)c3)NC(=O)Nc3ccc(OC(F)(F)F)cc3)C(=O)N3CCCC[C@H]3C(=O)N(C)[C@@H]([C@H](C)O)C(=O)N[C@@H](C)C(=O)N2C1. The van der Waals surface area contributed by atoms with Crippen LogP contribution in [0.2, 0.25) is 0 Å². The number of carbonyl (C=O) groups is 7. The number of piperidine rings is 1. The number of rotatable bonds is 8. The van der Waals surface area contributed by atoms with Crippen LogP contribution in [0.5, 0.6) is 5.75 Å². The predicted molar refractivity (Wildman–Crippen MR) is 211 cm³/mol. The van der Waals surface area contributed by atoms with Crippen LogP contribution < -0.4 is 26.0 Å². The lowest BCUT2D eigenvalue weighted by Crippen LogP contribution is -2.65. The molecule has 0 radical (unpaired) electrons. The smallest absolute Gasteiger partial charge is 0.458 e. The fraction of sp³-hybridized carbons (Fsp3) is 0.537. The summed E-state index contributed by atoms with van der Waals surface area (Å²) in [5, 5.41) is 20.5. The van der Waals surface area contributed by atoms with Crippen LogP contribution in [0, 0.1) is 17.6 Å². The number of carbonyl (C=O) groups excluding carboxylic acids is 7. The first-order valence-electron chi connectivity index (χ1n) is 20.3. The van der Waals surface area contributed by atoms with Gasteiger partial charge in [-0.2, -0.15) is 0 Å². The molecule has 9 atom stereocenters. The Kier molecular flexibility index (Phi) is 15.2. The lowest BCUT2D eigenvalue weighted by molar-refractivity contribution is -0.274. The number of aliphatic hydroxyl groups is 1. The van der Waals surface area contributed by atoms with Gasteiger partial charge in [0.2, 0.25) is 29.5 Å². The number of urea groups is 1. The number of esters is 1. The summed E-state index contributed by atoms with van der Waals surface area (Å²) in [4.78, 5) is 101. The van der Waals surface area contributed by atoms with E-state index in [9.17, 15) is 60.6 Å². The molecule has 3 fully saturated rings. The van der Waals surface area contributed by atoms with Gasteiger partial charge >= 0.3 is 18.4 Å². The zero-order valence-electron chi connectivity index (χ0n) is 35.0. The Morgan fingerprint density at radius 3 is 2.21 bits per heavy atom. The number of anilines is 1. The highest BCUT2D eigenvalue weighted by atomic mass is 19.4. The van der Waals surface area contributed by atoms with Crippen LogP contribution in [0.25, 0.3) is 0 Å². The third-order valence-corrected chi connectivity index (χ3v) is 11.0. The number of hydrogen-bond acceptors (Lipinski definition) is 10. The van der Waals surface area contributed by atoms with E-state index in [0.717, 1.165) is 46.2 Å². The van der Waals surface area contributed by atoms with Gasteiger partial charge in [-0.15, -0.1) is 13.2 Å². The minimum Gasteiger partial charge on any atom is -0.458 e. The summed E-state index contributed by atoms with van der Waals surface area (Å²) < 4.78 is 76.4. The molecule has 5 N–H and O–H groups in total. The van der Waals surface area contributed by atoms with Crippen molar-refractivity contribution in [2.75, 3.05) is 25.5 Å². The van der Waals surface area contributed by atoms with Gasteiger partial charge < -0.3 is 50.5 Å². The Morgan fingerprint density at radius 2 is 1.59 bits per heavy atom. The van der Waals surface area contributed by atoms with E-state index >= 15 is 0 Å². The Hall–Kier alpha value is -6.06. The molecule has 0 aromatic heterocycles. The minimum atomic E-state index is -4.99. The quantitative estimate of drug-likeness (QED) is 0.193. The van der Waals surface area contributed by atoms with Crippen molar-refractivity contribution in [1.29, 1.82) is 0 Å². The molecule has 63 heavy (non-hydrogen) atoms. The van der Waals surface area contributed by atoms with Gasteiger partial charge in [-0.1, -0.05) is 6.92 Å². The van der Waals surface area contributed by atoms with Crippen LogP contribution in [-0.2, 0) is 39.9 Å². The molecule has 2 aromatic carbocycles. The van der Waals surface area contributed by atoms with Gasteiger partial charge in [-0.25, -0.2) is 18.4 Å². The number of aliphatic hydroxyl groups excluding tert-OH is 1. The fourth-order valence-electron chi connectivity index (χ4n) is 8.05. The maximum Gasteiger partial charge on any atom is 0.573 e. The third-order valence-electron chi connectivity index (χ3n) is 11.0. The molecule has 0 unspecified atom stereocenters. The number of halogens is 5. The van der Waals surface area contributed by atoms with Crippen molar-refractivity contribution in [1.82, 2.24) is 30.7 Å². The molecule has 5 rings (SSSR count). The van der Waals surface area contributed by atoms with Crippen LogP contribution >= 0.6 is 0 Å². The van der Waals surface area contributed by atoms with Gasteiger partial charge in [-0.3, -0.25) is 24.0 Å². The van der Waals surface area contributed by atoms with Crippen molar-refractivity contribution < 1.29 is 70.1 Å². The van der Waals surface area contributed by atoms with Crippen molar-refractivity contribution in [2.45, 2.75) is 115 Å². The molecule has 0 aliphatic carbocycles. The second-order valence-corrected chi connectivity index (χ2v) is 16.1. The zero-order chi connectivity index (χ0) is 46.5. The lowest BCUT2D eigenvalue weighted by atomic mass is 9.97. The number of nitrogens with one attached hydrogen (secondary N) is 4. The summed E-state index contributed by atoms with van der Waals surface area (Å²) in [5.74, 6) is -8.18. The molecular formula is C41H50F5N7O10. The molecule has 7 amide bonds. The first-order valence-corrected chi connectivity index (χ1v) is 20.3. The summed E-state index contributed by atoms with van der Waals surface area (Å²) in [6.45, 7) is 5.77. The molecule has 3 aliphatic rings. The zero-order valence-corrected chi connectivity index (χ0v) is 35.0. The lowest BCUT2D eigenvalue weighted by Gasteiger charge is -2.41. The standard InChI is InChI=1S/C41H50F5N7O10/c1-20-14-31-39(60)62-23(4)32(38(59)52-13-7-6-8-30(52)37(58)51(5)33(22(3)54)35(56)47-21(2)36(57)53(31)19-20)50-34(55)29(17-24-15-25(42)18-26(43)16-24)49-40(61)48-27-9-11-28(12-10-27)63-41(44,45)46/h9-12,15-16,18,20-23,29-33,54H,6-8,13-14,17,19H2,1-5H3,(H,47,56)(H,50,55)(H2,48,49,61)/t20-,21+,22+,23+,29+,30+,31+,32+,33+/m1/s1. The molecule has 17 nitrogen and oxygen atoms in total. The largest absolute Gasteiger partial charge is 0.573 e. The number of amides is 7. The monoisotopic (exact) mass is 895 g/mol. The number of hydrogen-bond donors (Lipinski definition) is 5. The molecule has 0 saturated carbocycles. The number of ether oxygens (including phenoxy) is 2. The predicted octanol–water partition coefficient (Wildman–Crippen LogP) is 2.36. The molecule has 3 aliphatic heterocycles. The van der Waals surface area contributed by atoms with Crippen LogP contribution in [0.3, 0.4) is 0 Å². The second kappa shape index (κ2) is 20.0. The van der Waals surface area contributed by atoms with Gasteiger partial charge in [-0.05, 0) is 94.3 Å². The van der Waals surface area contributed by atoms with E-state index in [2.05, 4.69) is 26.0 Å². The minimum absolute atomic E-state index is 0.0411. The molecule has 0 bridgehead atoms. The molecule has 22 heteroatoms. The highest BCUT2D eigenvalue weighted by molar-refractivity contribution is 5.98. The average Bonchev–Trinajstić information content (AvgIpc) is 3.59. The van der Waals surface area contributed by atoms with Gasteiger partial charge in [0.25, 0.3) is 0 Å². The topological polar surface area (TPSA) is 216 Å². The first-order chi connectivity index (χ1) is 29.5. The van der Waals surface area contributed by atoms with E-state index < -0.39 is 120 Å². The summed E-state index contributed by atoms with van der Waals surface area (Å²) in [6.07, 6.45) is -7.49. The highest BCUT2D eigenvalue weighted by Gasteiger charge is 2.46. The molecule has 344 valence electrons. The number of nitrogens with zero attached hydrogens (tertiary/aromatic N) is 3. The van der Waals surface area contributed by atoms with Crippen LogP contribution in [-0.4, -0.2) is 136 Å². The Balaban J connectivity index is 1.51. The van der Waals surface area contributed by atoms with Crippen molar-refractivity contribution in [3.8, 4) is 5.75 Å². The van der Waals surface area contributed by atoms with E-state index in [1.165, 1.54) is 32.7 Å². The normalized spacial score (nSPS) is 26.2. The van der Waals surface area contributed by atoms with E-state index in [1.807, 2.05) is 0 Å². The van der Waals surface area contributed by atoms with Crippen molar-refractivity contribution >= 4 is 47.2 Å². The van der Waals surface area contributed by atoms with Gasteiger partial charge in [0.15, 0.2) is 0 Å². The maximum absolute atomic E-state index is 14.8. The fourth-order valence-corrected chi connectivity index (χ4v) is 8.05.